The van der Waals surface area contributed by atoms with Gasteiger partial charge in [0.15, 0.2) is 0 Å². The molecule has 0 aliphatic carbocycles. The molecule has 0 radical (unpaired) electrons. The van der Waals surface area contributed by atoms with Crippen molar-refractivity contribution in [3.05, 3.63) is 71.6 Å². The molecule has 2 N–H and O–H groups in total. The number of rotatable bonds is 6. The average molecular weight is 388 g/mol. The van der Waals surface area contributed by atoms with Crippen LogP contribution in [0.2, 0.25) is 0 Å². The molecule has 1 aromatic heterocycles. The van der Waals surface area contributed by atoms with Crippen LogP contribution in [0.4, 0.5) is 11.4 Å². The molecule has 3 rings (SSSR count). The molecule has 6 nitrogen and oxygen atoms in total. The van der Waals surface area contributed by atoms with Crippen molar-refractivity contribution in [3.8, 4) is 5.75 Å². The summed E-state index contributed by atoms with van der Waals surface area (Å²) >= 11 is 1.10. The molecular formula is C18H16N2O4S2. The van der Waals surface area contributed by atoms with Crippen LogP contribution < -0.4 is 14.8 Å². The number of thiophene rings is 1. The highest BCUT2D eigenvalue weighted by atomic mass is 32.2. The molecule has 0 saturated heterocycles. The van der Waals surface area contributed by atoms with Crippen molar-refractivity contribution >= 4 is 38.6 Å². The van der Waals surface area contributed by atoms with Crippen LogP contribution in [0, 0.1) is 0 Å². The Balaban J connectivity index is 1.88. The van der Waals surface area contributed by atoms with Crippen molar-refractivity contribution in [2.75, 3.05) is 17.1 Å². The molecule has 0 bridgehead atoms. The maximum absolute atomic E-state index is 12.4. The van der Waals surface area contributed by atoms with Crippen LogP contribution in [0.3, 0.4) is 0 Å². The van der Waals surface area contributed by atoms with E-state index in [9.17, 15) is 13.2 Å². The van der Waals surface area contributed by atoms with Gasteiger partial charge < -0.3 is 10.1 Å². The van der Waals surface area contributed by atoms with Gasteiger partial charge in [-0.25, -0.2) is 8.42 Å². The highest BCUT2D eigenvalue weighted by Gasteiger charge is 2.19. The summed E-state index contributed by atoms with van der Waals surface area (Å²) in [6.45, 7) is 0. The Bertz CT molecular complexity index is 1000. The van der Waals surface area contributed by atoms with Gasteiger partial charge in [0.05, 0.1) is 12.8 Å². The van der Waals surface area contributed by atoms with Crippen LogP contribution in [0.5, 0.6) is 5.75 Å². The van der Waals surface area contributed by atoms with Gasteiger partial charge in [0.1, 0.15) is 9.96 Å². The second-order valence-corrected chi connectivity index (χ2v) is 8.13. The first kappa shape index (κ1) is 18.0. The van der Waals surface area contributed by atoms with E-state index in [4.69, 9.17) is 4.74 Å². The number of anilines is 2. The van der Waals surface area contributed by atoms with Gasteiger partial charge in [-0.2, -0.15) is 0 Å². The van der Waals surface area contributed by atoms with Crippen molar-refractivity contribution in [2.45, 2.75) is 4.21 Å². The van der Waals surface area contributed by atoms with E-state index in [1.807, 2.05) is 18.2 Å². The molecule has 134 valence electrons. The van der Waals surface area contributed by atoms with Gasteiger partial charge >= 0.3 is 0 Å². The Morgan fingerprint density at radius 2 is 1.81 bits per heavy atom. The second kappa shape index (κ2) is 7.59. The minimum Gasteiger partial charge on any atom is -0.495 e. The highest BCUT2D eigenvalue weighted by Crippen LogP contribution is 2.29. The molecule has 0 atom stereocenters. The van der Waals surface area contributed by atoms with Gasteiger partial charge in [0.25, 0.3) is 15.9 Å². The largest absolute Gasteiger partial charge is 0.495 e. The topological polar surface area (TPSA) is 84.5 Å². The first-order valence-electron chi connectivity index (χ1n) is 7.60. The fourth-order valence-corrected chi connectivity index (χ4v) is 4.32. The number of ether oxygens (including phenoxy) is 1. The lowest BCUT2D eigenvalue weighted by Crippen LogP contribution is -2.15. The number of hydrogen-bond acceptors (Lipinski definition) is 5. The van der Waals surface area contributed by atoms with Crippen molar-refractivity contribution < 1.29 is 17.9 Å². The molecule has 1 heterocycles. The Hall–Kier alpha value is -2.84. The van der Waals surface area contributed by atoms with Crippen LogP contribution in [0.15, 0.2) is 70.3 Å². The Morgan fingerprint density at radius 3 is 2.46 bits per heavy atom. The number of nitrogens with one attached hydrogen (secondary N) is 2. The van der Waals surface area contributed by atoms with Crippen LogP contribution in [0.1, 0.15) is 10.4 Å². The summed E-state index contributed by atoms with van der Waals surface area (Å²) in [4.78, 5) is 12.4. The fraction of sp³-hybridized carbons (Fsp3) is 0.0556. The van der Waals surface area contributed by atoms with E-state index in [0.717, 1.165) is 11.3 Å². The third-order valence-electron chi connectivity index (χ3n) is 3.50. The van der Waals surface area contributed by atoms with Crippen molar-refractivity contribution in [1.82, 2.24) is 0 Å². The van der Waals surface area contributed by atoms with Gasteiger partial charge in [0, 0.05) is 11.3 Å². The van der Waals surface area contributed by atoms with Crippen molar-refractivity contribution in [3.63, 3.8) is 0 Å². The molecule has 0 fully saturated rings. The zero-order chi connectivity index (χ0) is 18.6. The lowest BCUT2D eigenvalue weighted by Gasteiger charge is -2.13. The van der Waals surface area contributed by atoms with Gasteiger partial charge in [-0.1, -0.05) is 24.3 Å². The zero-order valence-electron chi connectivity index (χ0n) is 13.8. The third kappa shape index (κ3) is 4.04. The number of benzene rings is 2. The first-order chi connectivity index (χ1) is 12.5. The number of para-hydroxylation sites is 1. The Labute approximate surface area is 155 Å². The number of amides is 1. The first-order valence-corrected chi connectivity index (χ1v) is 9.96. The standard InChI is InChI=1S/C18H16N2O4S2/c1-24-16-10-9-13(18(21)19-14-6-3-2-4-7-14)12-15(16)20-26(22,23)17-8-5-11-25-17/h2-12,20H,1H3,(H,19,21). The lowest BCUT2D eigenvalue weighted by molar-refractivity contribution is 0.102. The molecular weight excluding hydrogens is 372 g/mol. The van der Waals surface area contributed by atoms with Crippen LogP contribution in [0.25, 0.3) is 0 Å². The molecule has 0 saturated carbocycles. The Kier molecular flexibility index (Phi) is 5.24. The molecule has 1 amide bonds. The van der Waals surface area contributed by atoms with Gasteiger partial charge in [-0.05, 0) is 41.8 Å². The molecule has 0 aliphatic heterocycles. The third-order valence-corrected chi connectivity index (χ3v) is 6.26. The molecule has 0 unspecified atom stereocenters. The molecule has 26 heavy (non-hydrogen) atoms. The van der Waals surface area contributed by atoms with Gasteiger partial charge in [-0.15, -0.1) is 11.3 Å². The summed E-state index contributed by atoms with van der Waals surface area (Å²) in [5.41, 5.74) is 1.15. The predicted molar refractivity (Wildman–Crippen MR) is 103 cm³/mol. The van der Waals surface area contributed by atoms with Crippen LogP contribution in [-0.4, -0.2) is 21.4 Å². The molecule has 2 aromatic carbocycles. The van der Waals surface area contributed by atoms with Crippen molar-refractivity contribution in [2.24, 2.45) is 0 Å². The smallest absolute Gasteiger partial charge is 0.271 e. The highest BCUT2D eigenvalue weighted by molar-refractivity contribution is 7.94. The fourth-order valence-electron chi connectivity index (χ4n) is 2.27. The van der Waals surface area contributed by atoms with E-state index in [-0.39, 0.29) is 15.8 Å². The summed E-state index contributed by atoms with van der Waals surface area (Å²) in [6, 6.07) is 16.7. The average Bonchev–Trinajstić information content (AvgIpc) is 3.18. The number of hydrogen-bond donors (Lipinski definition) is 2. The van der Waals surface area contributed by atoms with E-state index in [2.05, 4.69) is 10.0 Å². The summed E-state index contributed by atoms with van der Waals surface area (Å²) in [5, 5.41) is 4.43. The molecule has 3 aromatic rings. The normalized spacial score (nSPS) is 11.0. The SMILES string of the molecule is COc1ccc(C(=O)Nc2ccccc2)cc1NS(=O)(=O)c1cccs1. The maximum atomic E-state index is 12.4. The lowest BCUT2D eigenvalue weighted by atomic mass is 10.1. The number of carbonyl (C=O) groups is 1. The zero-order valence-corrected chi connectivity index (χ0v) is 15.4. The van der Waals surface area contributed by atoms with Gasteiger partial charge in [0.2, 0.25) is 0 Å². The summed E-state index contributed by atoms with van der Waals surface area (Å²) in [5.74, 6) is -0.0307. The number of carbonyl (C=O) groups excluding carboxylic acids is 1. The minimum atomic E-state index is -3.75. The van der Waals surface area contributed by atoms with E-state index in [1.165, 1.54) is 19.2 Å². The summed E-state index contributed by atoms with van der Waals surface area (Å²) < 4.78 is 32.8. The predicted octanol–water partition coefficient (Wildman–Crippen LogP) is 3.81. The molecule has 0 spiro atoms. The van der Waals surface area contributed by atoms with Crippen molar-refractivity contribution in [1.29, 1.82) is 0 Å². The monoisotopic (exact) mass is 388 g/mol. The second-order valence-electron chi connectivity index (χ2n) is 5.27. The van der Waals surface area contributed by atoms with E-state index in [1.54, 1.807) is 35.7 Å². The van der Waals surface area contributed by atoms with Crippen LogP contribution in [-0.2, 0) is 10.0 Å². The minimum absolute atomic E-state index is 0.179. The van der Waals surface area contributed by atoms with Gasteiger partial charge in [-0.3, -0.25) is 9.52 Å². The van der Waals surface area contributed by atoms with E-state index < -0.39 is 10.0 Å². The number of sulfonamides is 1. The molecule has 8 heteroatoms. The summed E-state index contributed by atoms with van der Waals surface area (Å²) in [7, 11) is -2.31. The van der Waals surface area contributed by atoms with E-state index in [0.29, 0.717) is 17.0 Å². The quantitative estimate of drug-likeness (QED) is 0.672. The maximum Gasteiger partial charge on any atom is 0.271 e. The summed E-state index contributed by atoms with van der Waals surface area (Å²) in [6.07, 6.45) is 0. The number of methoxy groups -OCH3 is 1. The Morgan fingerprint density at radius 1 is 1.04 bits per heavy atom. The molecule has 0 aliphatic rings. The van der Waals surface area contributed by atoms with E-state index >= 15 is 0 Å². The van der Waals surface area contributed by atoms with Crippen LogP contribution >= 0.6 is 11.3 Å².